The molecule has 9 heteroatoms. The lowest BCUT2D eigenvalue weighted by atomic mass is 9.62. The van der Waals surface area contributed by atoms with Crippen LogP contribution >= 0.6 is 0 Å². The number of fused-ring (bicyclic) bond motifs is 12. The Morgan fingerprint density at radius 1 is 0.494 bits per heavy atom. The fraction of sp³-hybridized carbons (Fsp3) is 0.600. The van der Waals surface area contributed by atoms with Gasteiger partial charge in [-0.1, -0.05) is 132 Å². The summed E-state index contributed by atoms with van der Waals surface area (Å²) in [6, 6.07) is 38.1. The summed E-state index contributed by atoms with van der Waals surface area (Å²) in [5.41, 5.74) is 12.2. The quantitative estimate of drug-likeness (QED) is 0.105. The minimum atomic E-state index is -0.153. The third-order valence-electron chi connectivity index (χ3n) is 20.8. The SMILES string of the molecule is C#CCO.CCC12CCC(c3ccc(C)cc3)(CC1)CO2.COC(=O)CCC12CCC(c3ccc(C)cc3)(CC1)CO2.Cc1ccc(C23CCC(CCC#N)(CC2)OC3)cc1.Cc1ccc(C23CCC(CCO)(CC2)OC3)cc1. The molecule has 4 aliphatic carbocycles. The number of aryl methyl sites for hydroxylation is 4. The molecule has 0 atom stereocenters. The lowest BCUT2D eigenvalue weighted by molar-refractivity contribution is -0.166. The first-order chi connectivity index (χ1) is 38.0. The Kier molecular flexibility index (Phi) is 19.8. The molecule has 79 heavy (non-hydrogen) atoms. The van der Waals surface area contributed by atoms with Gasteiger partial charge >= 0.3 is 5.97 Å². The van der Waals surface area contributed by atoms with E-state index in [1.54, 1.807) is 0 Å². The van der Waals surface area contributed by atoms with Crippen molar-refractivity contribution < 1.29 is 38.7 Å². The lowest BCUT2D eigenvalue weighted by Crippen LogP contribution is -2.53. The van der Waals surface area contributed by atoms with Crippen molar-refractivity contribution >= 4 is 5.97 Å². The highest BCUT2D eigenvalue weighted by Gasteiger charge is 2.53. The fourth-order valence-electron chi connectivity index (χ4n) is 14.5. The molecule has 12 aliphatic rings. The van der Waals surface area contributed by atoms with Crippen molar-refractivity contribution in [2.75, 3.05) is 46.8 Å². The second kappa shape index (κ2) is 26.0. The predicted octanol–water partition coefficient (Wildman–Crippen LogP) is 14.0. The van der Waals surface area contributed by atoms with Gasteiger partial charge in [-0.05, 0) is 178 Å². The molecule has 0 unspecified atom stereocenters. The zero-order valence-electron chi connectivity index (χ0n) is 48.9. The number of hydrogen-bond donors (Lipinski definition) is 2. The lowest BCUT2D eigenvalue weighted by Gasteiger charge is -2.53. The van der Waals surface area contributed by atoms with E-state index in [0.717, 1.165) is 97.1 Å². The van der Waals surface area contributed by atoms with Crippen LogP contribution in [0.1, 0.15) is 193 Å². The summed E-state index contributed by atoms with van der Waals surface area (Å²) < 4.78 is 29.5. The van der Waals surface area contributed by atoms with Crippen LogP contribution in [-0.4, -0.2) is 85.3 Å². The average Bonchev–Trinajstić information content (AvgIpc) is 3.70. The second-order valence-corrected chi connectivity index (χ2v) is 25.4. The van der Waals surface area contributed by atoms with Crippen molar-refractivity contribution in [2.45, 2.75) is 220 Å². The molecule has 8 heterocycles. The van der Waals surface area contributed by atoms with Crippen LogP contribution < -0.4 is 0 Å². The predicted molar refractivity (Wildman–Crippen MR) is 314 cm³/mol. The Bertz CT molecular complexity index is 2580. The van der Waals surface area contributed by atoms with Crippen LogP contribution in [0.15, 0.2) is 97.1 Å². The number of aliphatic hydroxyl groups excluding tert-OH is 2. The molecule has 8 bridgehead atoms. The van der Waals surface area contributed by atoms with E-state index in [0.29, 0.717) is 18.3 Å². The number of rotatable bonds is 12. The van der Waals surface area contributed by atoms with Gasteiger partial charge in [-0.25, -0.2) is 0 Å². The average molecular weight is 1080 g/mol. The number of ether oxygens (including phenoxy) is 5. The molecular formula is C70H93NO8. The molecule has 4 aromatic carbocycles. The highest BCUT2D eigenvalue weighted by Crippen LogP contribution is 2.55. The van der Waals surface area contributed by atoms with Gasteiger partial charge in [-0.2, -0.15) is 5.26 Å². The van der Waals surface area contributed by atoms with Gasteiger partial charge in [0.25, 0.3) is 0 Å². The summed E-state index contributed by atoms with van der Waals surface area (Å²) in [6.45, 7) is 14.3. The number of carbonyl (C=O) groups excluding carboxylic acids is 1. The summed E-state index contributed by atoms with van der Waals surface area (Å²) in [7, 11) is 1.45. The molecular weight excluding hydrogens is 983 g/mol. The Hall–Kier alpha value is -4.84. The summed E-state index contributed by atoms with van der Waals surface area (Å²) >= 11 is 0. The van der Waals surface area contributed by atoms with Gasteiger partial charge in [0, 0.05) is 41.1 Å². The smallest absolute Gasteiger partial charge is 0.305 e. The number of carbonyl (C=O) groups is 1. The van der Waals surface area contributed by atoms with Crippen LogP contribution in [-0.2, 0) is 50.1 Å². The topological polar surface area (TPSA) is 127 Å². The first-order valence-electron chi connectivity index (χ1n) is 30.0. The van der Waals surface area contributed by atoms with Crippen molar-refractivity contribution in [3.63, 3.8) is 0 Å². The molecule has 0 aromatic heterocycles. The Morgan fingerprint density at radius 2 is 0.772 bits per heavy atom. The van der Waals surface area contributed by atoms with Crippen LogP contribution in [0.5, 0.6) is 0 Å². The van der Waals surface area contributed by atoms with Gasteiger partial charge in [0.2, 0.25) is 0 Å². The molecule has 9 nitrogen and oxygen atoms in total. The number of benzene rings is 4. The van der Waals surface area contributed by atoms with E-state index in [2.05, 4.69) is 144 Å². The van der Waals surface area contributed by atoms with Crippen molar-refractivity contribution in [1.82, 2.24) is 0 Å². The van der Waals surface area contributed by atoms with Crippen molar-refractivity contribution in [1.29, 1.82) is 5.26 Å². The molecule has 2 N–H and O–H groups in total. The van der Waals surface area contributed by atoms with Crippen LogP contribution in [0, 0.1) is 51.4 Å². The number of hydrogen-bond acceptors (Lipinski definition) is 9. The summed E-state index contributed by atoms with van der Waals surface area (Å²) in [5.74, 6) is 1.86. The molecule has 16 rings (SSSR count). The number of nitrogens with zero attached hydrogens (tertiary/aromatic N) is 1. The highest BCUT2D eigenvalue weighted by molar-refractivity contribution is 5.69. The summed E-state index contributed by atoms with van der Waals surface area (Å²) in [6.07, 6.45) is 28.1. The maximum Gasteiger partial charge on any atom is 0.305 e. The molecule has 426 valence electrons. The number of terminal acetylenes is 1. The van der Waals surface area contributed by atoms with Gasteiger partial charge in [-0.3, -0.25) is 4.79 Å². The number of esters is 1. The molecule has 8 saturated heterocycles. The maximum absolute atomic E-state index is 11.4. The first kappa shape index (κ1) is 60.3. The molecule has 0 radical (unpaired) electrons. The Balaban J connectivity index is 0.000000136. The molecule has 4 aromatic rings. The number of aliphatic hydroxyl groups is 2. The fourth-order valence-corrected chi connectivity index (χ4v) is 14.5. The van der Waals surface area contributed by atoms with Crippen LogP contribution in [0.2, 0.25) is 0 Å². The van der Waals surface area contributed by atoms with Crippen LogP contribution in [0.3, 0.4) is 0 Å². The third kappa shape index (κ3) is 13.7. The molecule has 0 amide bonds. The largest absolute Gasteiger partial charge is 0.469 e. The van der Waals surface area contributed by atoms with Gasteiger partial charge in [0.15, 0.2) is 0 Å². The van der Waals surface area contributed by atoms with Gasteiger partial charge in [-0.15, -0.1) is 6.42 Å². The van der Waals surface area contributed by atoms with E-state index in [4.69, 9.17) is 39.2 Å². The standard InChI is InChI=1S/C18H24O3.C17H21NO.C16H22O2.C16H22O.C3H4O/c1-14-3-5-15(6-4-14)17-9-11-18(12-10-17,21-13-17)8-7-16(19)20-2;1-14-3-5-15(6-4-14)16-8-10-17(11-9-16,19-13-16)7-2-12-18;1-13-2-4-14(5-3-13)15-6-8-16(9-7-15,10-11-17)18-12-15;1-3-16-10-8-15(9-11-16,12-17-16)14-6-4-13(2)5-7-14;1-2-3-4/h3-6H,7-13H2,1-2H3;3-6H,2,7-11,13H2,1H3;2-5,17H,6-12H2,1H3;4-7H,3,8-12H2,1-2H3;1,4H,3H2. The summed E-state index contributed by atoms with van der Waals surface area (Å²) in [5, 5.41) is 25.6. The van der Waals surface area contributed by atoms with E-state index >= 15 is 0 Å². The van der Waals surface area contributed by atoms with E-state index in [1.165, 1.54) is 109 Å². The van der Waals surface area contributed by atoms with Crippen LogP contribution in [0.25, 0.3) is 0 Å². The zero-order chi connectivity index (χ0) is 56.3. The molecule has 12 fully saturated rings. The van der Waals surface area contributed by atoms with E-state index < -0.39 is 0 Å². The number of nitriles is 1. The zero-order valence-corrected chi connectivity index (χ0v) is 48.9. The molecule has 4 saturated carbocycles. The van der Waals surface area contributed by atoms with Crippen molar-refractivity contribution in [3.05, 3.63) is 142 Å². The summed E-state index contributed by atoms with van der Waals surface area (Å²) in [4.78, 5) is 11.4. The van der Waals surface area contributed by atoms with Gasteiger partial charge in [0.05, 0.1) is 62.0 Å². The minimum absolute atomic E-state index is 0.0127. The highest BCUT2D eigenvalue weighted by atomic mass is 16.5. The van der Waals surface area contributed by atoms with Crippen LogP contribution in [0.4, 0.5) is 0 Å². The minimum Gasteiger partial charge on any atom is -0.469 e. The van der Waals surface area contributed by atoms with Crippen molar-refractivity contribution in [3.8, 4) is 18.4 Å². The van der Waals surface area contributed by atoms with Gasteiger partial charge in [0.1, 0.15) is 6.61 Å². The molecule has 8 aliphatic heterocycles. The van der Waals surface area contributed by atoms with E-state index in [9.17, 15) is 4.79 Å². The second-order valence-electron chi connectivity index (χ2n) is 25.4. The molecule has 0 spiro atoms. The van der Waals surface area contributed by atoms with Crippen molar-refractivity contribution in [2.24, 2.45) is 0 Å². The number of methoxy groups -OCH3 is 1. The normalized spacial score (nSPS) is 32.2. The Labute approximate surface area is 474 Å². The van der Waals surface area contributed by atoms with E-state index in [1.807, 2.05) is 5.92 Å². The maximum atomic E-state index is 11.4. The van der Waals surface area contributed by atoms with Gasteiger partial charge < -0.3 is 33.9 Å². The first-order valence-corrected chi connectivity index (χ1v) is 30.0. The monoisotopic (exact) mass is 1080 g/mol. The third-order valence-corrected chi connectivity index (χ3v) is 20.8. The van der Waals surface area contributed by atoms with E-state index in [-0.39, 0.29) is 57.8 Å². The Morgan fingerprint density at radius 3 is 1.00 bits per heavy atom.